The van der Waals surface area contributed by atoms with E-state index in [4.69, 9.17) is 19.8 Å². The third-order valence-electron chi connectivity index (χ3n) is 0.167. The Morgan fingerprint density at radius 2 is 0.733 bits per heavy atom. The average Bonchev–Trinajstić information content (AvgIpc) is 2.29. The fraction of sp³-hybridized carbons (Fsp3) is 0.400. The molecular weight excluding hydrogens is 239 g/mol. The molecule has 95 valence electrons. The minimum atomic E-state index is -2.19. The zero-order valence-corrected chi connectivity index (χ0v) is 11.0. The molecule has 0 aliphatic rings. The second kappa shape index (κ2) is 70.1. The second-order valence-electron chi connectivity index (χ2n) is 0.575. The van der Waals surface area contributed by atoms with Crippen LogP contribution in [0.4, 0.5) is 0 Å². The van der Waals surface area contributed by atoms with Crippen molar-refractivity contribution in [3.8, 4) is 0 Å². The van der Waals surface area contributed by atoms with Crippen molar-refractivity contribution in [2.45, 2.75) is 27.7 Å². The Morgan fingerprint density at radius 3 is 0.733 bits per heavy atom. The molecule has 0 spiro atoms. The smallest absolute Gasteiger partial charge is 0.543 e. The van der Waals surface area contributed by atoms with Crippen molar-refractivity contribution in [3.63, 3.8) is 0 Å². The van der Waals surface area contributed by atoms with E-state index in [0.29, 0.717) is 0 Å². The van der Waals surface area contributed by atoms with Gasteiger partial charge in [0.25, 0.3) is 0 Å². The molecule has 4 nitrogen and oxygen atoms in total. The van der Waals surface area contributed by atoms with Gasteiger partial charge in [0, 0.05) is 0 Å². The Hall–Kier alpha value is -0.541. The molecule has 15 heavy (non-hydrogen) atoms. The Labute approximate surface area is 105 Å². The normalized spacial score (nSPS) is 4.53. The number of hydrogen-bond acceptors (Lipinski definition) is 4. The summed E-state index contributed by atoms with van der Waals surface area (Å²) in [5.74, 6) is -4.37. The summed E-state index contributed by atoms with van der Waals surface area (Å²) in [7, 11) is 0. The van der Waals surface area contributed by atoms with Gasteiger partial charge >= 0.3 is 17.1 Å². The van der Waals surface area contributed by atoms with E-state index in [2.05, 4.69) is 27.7 Å². The van der Waals surface area contributed by atoms with Crippen molar-refractivity contribution >= 4 is 11.9 Å². The fourth-order valence-electron chi connectivity index (χ4n) is 0. The molecule has 0 saturated heterocycles. The summed E-state index contributed by atoms with van der Waals surface area (Å²) in [6.07, 6.45) is 0. The van der Waals surface area contributed by atoms with Gasteiger partial charge in [-0.2, -0.15) is 27.7 Å². The first-order chi connectivity index (χ1) is 6.64. The molecule has 0 atom stereocenters. The molecule has 0 unspecified atom stereocenters. The summed E-state index contributed by atoms with van der Waals surface area (Å²) in [6, 6.07) is 0. The molecule has 0 fully saturated rings. The van der Waals surface area contributed by atoms with Crippen LogP contribution < -0.4 is 10.2 Å². The zero-order chi connectivity index (χ0) is 13.2. The van der Waals surface area contributed by atoms with E-state index in [-0.39, 0.29) is 17.1 Å². The molecule has 0 aromatic rings. The van der Waals surface area contributed by atoms with Crippen LogP contribution >= 0.6 is 0 Å². The van der Waals surface area contributed by atoms with E-state index in [9.17, 15) is 0 Å². The molecule has 0 aromatic heterocycles. The largest absolute Gasteiger partial charge is 2.00 e. The number of carboxylic acid groups (broad SMARTS) is 2. The monoisotopic (exact) mass is 259 g/mol. The summed E-state index contributed by atoms with van der Waals surface area (Å²) >= 11 is 0. The first-order valence-electron chi connectivity index (χ1n) is 3.89. The maximum absolute atomic E-state index is 8.93. The Balaban J connectivity index is -0.0000000194. The van der Waals surface area contributed by atoms with Gasteiger partial charge in [-0.3, -0.25) is 0 Å². The van der Waals surface area contributed by atoms with Crippen LogP contribution in [-0.4, -0.2) is 11.9 Å². The van der Waals surface area contributed by atoms with Crippen LogP contribution in [0.15, 0.2) is 0 Å². The van der Waals surface area contributed by atoms with Gasteiger partial charge in [-0.25, -0.2) is 0 Å². The molecule has 0 amide bonds. The van der Waals surface area contributed by atoms with E-state index >= 15 is 0 Å². The quantitative estimate of drug-likeness (QED) is 0.344. The van der Waals surface area contributed by atoms with E-state index in [0.717, 1.165) is 0 Å². The molecule has 0 saturated carbocycles. The molecular formula is C10H20MnO4-4. The summed E-state index contributed by atoms with van der Waals surface area (Å²) in [4.78, 5) is 17.9. The Bertz CT molecular complexity index is 83.4. The maximum Gasteiger partial charge on any atom is 2.00 e. The van der Waals surface area contributed by atoms with Crippen LogP contribution in [0.25, 0.3) is 0 Å². The van der Waals surface area contributed by atoms with E-state index in [1.54, 1.807) is 27.7 Å². The van der Waals surface area contributed by atoms with Crippen molar-refractivity contribution in [1.82, 2.24) is 0 Å². The number of aliphatic carboxylic acids is 2. The van der Waals surface area contributed by atoms with Crippen LogP contribution in [0.5, 0.6) is 0 Å². The minimum absolute atomic E-state index is 0. The van der Waals surface area contributed by atoms with Crippen molar-refractivity contribution in [2.24, 2.45) is 0 Å². The number of rotatable bonds is 0. The van der Waals surface area contributed by atoms with Crippen molar-refractivity contribution < 1.29 is 36.9 Å². The van der Waals surface area contributed by atoms with Crippen LogP contribution in [0.1, 0.15) is 27.7 Å². The van der Waals surface area contributed by atoms with E-state index in [1.165, 1.54) is 0 Å². The van der Waals surface area contributed by atoms with Gasteiger partial charge in [0.1, 0.15) is 0 Å². The van der Waals surface area contributed by atoms with Gasteiger partial charge < -0.3 is 47.5 Å². The van der Waals surface area contributed by atoms with Crippen LogP contribution in [0.3, 0.4) is 0 Å². The van der Waals surface area contributed by atoms with Crippen LogP contribution in [0.2, 0.25) is 0 Å². The maximum atomic E-state index is 8.93. The SMILES string of the molecule is O=C([O-])C(=O)[O-].[CH2-]C.[CH2-]C.[CH2-]C.[CH2-]C.[Mn+2]. The molecule has 0 aromatic carbocycles. The standard InChI is InChI=1S/C2H2O4.4C2H5.Mn/c3-1(4)2(5)6;4*1-2;/h(H,3,4)(H,5,6);4*1H2,2H3;/q;4*-1;+2/p-2. The zero-order valence-electron chi connectivity index (χ0n) is 9.84. The molecule has 0 aliphatic heterocycles. The molecule has 0 N–H and O–H groups in total. The predicted octanol–water partition coefficient (Wildman–Crippen LogP) is -0.155. The summed E-state index contributed by atoms with van der Waals surface area (Å²) in [5.41, 5.74) is 0. The third kappa shape index (κ3) is 148. The van der Waals surface area contributed by atoms with Gasteiger partial charge in [-0.1, -0.05) is 0 Å². The van der Waals surface area contributed by atoms with Crippen LogP contribution in [-0.2, 0) is 26.7 Å². The van der Waals surface area contributed by atoms with Crippen LogP contribution in [0, 0.1) is 27.7 Å². The third-order valence-corrected chi connectivity index (χ3v) is 0.167. The summed E-state index contributed by atoms with van der Waals surface area (Å²) < 4.78 is 0. The topological polar surface area (TPSA) is 80.3 Å². The Morgan fingerprint density at radius 1 is 0.667 bits per heavy atom. The Kier molecular flexibility index (Phi) is 171. The average molecular weight is 259 g/mol. The van der Waals surface area contributed by atoms with Crippen molar-refractivity contribution in [2.75, 3.05) is 0 Å². The number of carbonyl (C=O) groups is 2. The van der Waals surface area contributed by atoms with Crippen molar-refractivity contribution in [1.29, 1.82) is 0 Å². The van der Waals surface area contributed by atoms with Crippen molar-refractivity contribution in [3.05, 3.63) is 27.7 Å². The number of hydrogen-bond donors (Lipinski definition) is 0. The predicted molar refractivity (Wildman–Crippen MR) is 54.1 cm³/mol. The first kappa shape index (κ1) is 36.6. The van der Waals surface area contributed by atoms with Gasteiger partial charge in [0.2, 0.25) is 0 Å². The van der Waals surface area contributed by atoms with Gasteiger partial charge in [0.05, 0.1) is 11.9 Å². The van der Waals surface area contributed by atoms with Gasteiger partial charge in [-0.05, 0) is 0 Å². The molecule has 0 bridgehead atoms. The molecule has 0 aliphatic carbocycles. The summed E-state index contributed by atoms with van der Waals surface area (Å²) in [6.45, 7) is 20.0. The van der Waals surface area contributed by atoms with E-state index in [1.807, 2.05) is 0 Å². The van der Waals surface area contributed by atoms with Gasteiger partial charge in [0.15, 0.2) is 0 Å². The summed E-state index contributed by atoms with van der Waals surface area (Å²) in [5, 5.41) is 17.9. The molecule has 0 heterocycles. The van der Waals surface area contributed by atoms with E-state index < -0.39 is 11.9 Å². The minimum Gasteiger partial charge on any atom is -0.543 e. The molecule has 0 rings (SSSR count). The number of carbonyl (C=O) groups excluding carboxylic acids is 2. The second-order valence-corrected chi connectivity index (χ2v) is 0.575. The first-order valence-corrected chi connectivity index (χ1v) is 3.89. The fourth-order valence-corrected chi connectivity index (χ4v) is 0. The molecule has 1 radical (unpaired) electrons. The van der Waals surface area contributed by atoms with Gasteiger partial charge in [-0.15, -0.1) is 0 Å². The number of carboxylic acids is 2. The molecule has 5 heteroatoms.